The molecule has 3 rings (SSSR count). The molecule has 1 saturated heterocycles. The van der Waals surface area contributed by atoms with Crippen molar-refractivity contribution in [1.82, 2.24) is 9.88 Å². The summed E-state index contributed by atoms with van der Waals surface area (Å²) in [7, 11) is 0. The van der Waals surface area contributed by atoms with E-state index in [0.717, 1.165) is 11.3 Å². The number of carbonyl (C=O) groups excluding carboxylic acids is 2. The molecule has 0 saturated carbocycles. The molecule has 2 aromatic rings. The molecule has 0 spiro atoms. The number of benzene rings is 1. The largest absolute Gasteiger partial charge is 0.281 e. The van der Waals surface area contributed by atoms with Crippen LogP contribution < -0.4 is 0 Å². The highest BCUT2D eigenvalue weighted by atomic mass is 16.2. The first-order chi connectivity index (χ1) is 11.2. The Morgan fingerprint density at radius 3 is 2.48 bits per heavy atom. The zero-order chi connectivity index (χ0) is 16.3. The van der Waals surface area contributed by atoms with E-state index < -0.39 is 5.41 Å². The summed E-state index contributed by atoms with van der Waals surface area (Å²) in [6, 6.07) is 15.3. The summed E-state index contributed by atoms with van der Waals surface area (Å²) in [6.07, 6.45) is 3.20. The first kappa shape index (κ1) is 15.4. The van der Waals surface area contributed by atoms with Gasteiger partial charge in [0.25, 0.3) is 0 Å². The molecule has 118 valence electrons. The average molecular weight is 308 g/mol. The topological polar surface area (TPSA) is 50.3 Å². The summed E-state index contributed by atoms with van der Waals surface area (Å²) in [5.41, 5.74) is 1.12. The van der Waals surface area contributed by atoms with E-state index in [1.165, 1.54) is 4.90 Å². The van der Waals surface area contributed by atoms with Crippen LogP contribution in [0.25, 0.3) is 0 Å². The van der Waals surface area contributed by atoms with Gasteiger partial charge in [0.1, 0.15) is 0 Å². The van der Waals surface area contributed by atoms with Gasteiger partial charge in [-0.05, 0) is 24.1 Å². The molecule has 1 aromatic heterocycles. The number of nitrogens with zero attached hydrogens (tertiary/aromatic N) is 2. The van der Waals surface area contributed by atoms with E-state index in [2.05, 4.69) is 4.98 Å². The van der Waals surface area contributed by atoms with Crippen molar-refractivity contribution in [2.24, 2.45) is 0 Å². The Hall–Kier alpha value is -2.49. The Labute approximate surface area is 136 Å². The Balaban J connectivity index is 1.81. The Kier molecular flexibility index (Phi) is 4.24. The lowest BCUT2D eigenvalue weighted by Crippen LogP contribution is -2.39. The summed E-state index contributed by atoms with van der Waals surface area (Å²) in [4.78, 5) is 31.1. The predicted octanol–water partition coefficient (Wildman–Crippen LogP) is 2.73. The number of likely N-dealkylation sites (tertiary alicyclic amines) is 1. The average Bonchev–Trinajstić information content (AvgIpc) is 2.86. The molecule has 0 N–H and O–H groups in total. The number of carbonyl (C=O) groups is 2. The van der Waals surface area contributed by atoms with E-state index in [9.17, 15) is 9.59 Å². The Morgan fingerprint density at radius 1 is 1.09 bits per heavy atom. The lowest BCUT2D eigenvalue weighted by Gasteiger charge is -2.26. The summed E-state index contributed by atoms with van der Waals surface area (Å²) in [5.74, 6) is -0.163. The molecule has 0 aliphatic carbocycles. The van der Waals surface area contributed by atoms with Crippen molar-refractivity contribution in [3.8, 4) is 0 Å². The molecule has 23 heavy (non-hydrogen) atoms. The fourth-order valence-corrected chi connectivity index (χ4v) is 3.26. The van der Waals surface area contributed by atoms with Gasteiger partial charge in [0, 0.05) is 31.3 Å². The molecular weight excluding hydrogens is 288 g/mol. The van der Waals surface area contributed by atoms with Crippen molar-refractivity contribution in [2.45, 2.75) is 31.6 Å². The van der Waals surface area contributed by atoms with Crippen molar-refractivity contribution in [1.29, 1.82) is 0 Å². The van der Waals surface area contributed by atoms with E-state index in [0.29, 0.717) is 19.4 Å². The van der Waals surface area contributed by atoms with Crippen molar-refractivity contribution < 1.29 is 9.59 Å². The summed E-state index contributed by atoms with van der Waals surface area (Å²) < 4.78 is 0. The second-order valence-corrected chi connectivity index (χ2v) is 5.90. The first-order valence-electron chi connectivity index (χ1n) is 7.97. The van der Waals surface area contributed by atoms with E-state index in [-0.39, 0.29) is 18.2 Å². The van der Waals surface area contributed by atoms with Crippen LogP contribution in [0.4, 0.5) is 0 Å². The molecule has 4 nitrogen and oxygen atoms in total. The molecule has 4 heteroatoms. The highest BCUT2D eigenvalue weighted by Gasteiger charge is 2.51. The van der Waals surface area contributed by atoms with Gasteiger partial charge < -0.3 is 0 Å². The van der Waals surface area contributed by atoms with Gasteiger partial charge in [-0.2, -0.15) is 0 Å². The molecule has 0 unspecified atom stereocenters. The van der Waals surface area contributed by atoms with E-state index >= 15 is 0 Å². The second-order valence-electron chi connectivity index (χ2n) is 5.90. The minimum Gasteiger partial charge on any atom is -0.281 e. The summed E-state index contributed by atoms with van der Waals surface area (Å²) >= 11 is 0. The molecule has 2 amide bonds. The van der Waals surface area contributed by atoms with Crippen LogP contribution in [0.5, 0.6) is 0 Å². The highest BCUT2D eigenvalue weighted by molar-refractivity contribution is 6.09. The number of amides is 2. The molecule has 2 heterocycles. The third kappa shape index (κ3) is 2.77. The van der Waals surface area contributed by atoms with Crippen LogP contribution in [0.1, 0.15) is 31.0 Å². The number of imide groups is 1. The number of pyridine rings is 1. The third-order valence-electron chi connectivity index (χ3n) is 4.66. The van der Waals surface area contributed by atoms with Gasteiger partial charge in [-0.15, -0.1) is 0 Å². The van der Waals surface area contributed by atoms with Crippen LogP contribution in [0, 0.1) is 0 Å². The normalized spacial score (nSPS) is 21.0. The highest BCUT2D eigenvalue weighted by Crippen LogP contribution is 2.39. The van der Waals surface area contributed by atoms with E-state index in [1.807, 2.05) is 55.5 Å². The standard InChI is InChI=1S/C19H20N2O2/c1-2-19(15-8-4-3-5-9-15)14-17(22)21(18(19)23)13-11-16-10-6-7-12-20-16/h3-10,12H,2,11,13-14H2,1H3/t19-/m0/s1. The first-order valence-corrected chi connectivity index (χ1v) is 7.97. The molecular formula is C19H20N2O2. The lowest BCUT2D eigenvalue weighted by molar-refractivity contribution is -0.139. The molecule has 1 atom stereocenters. The van der Waals surface area contributed by atoms with Gasteiger partial charge in [-0.3, -0.25) is 19.5 Å². The van der Waals surface area contributed by atoms with Crippen LogP contribution in [-0.4, -0.2) is 28.2 Å². The summed E-state index contributed by atoms with van der Waals surface area (Å²) in [5, 5.41) is 0. The van der Waals surface area contributed by atoms with Gasteiger partial charge >= 0.3 is 0 Å². The maximum absolute atomic E-state index is 13.0. The number of hydrogen-bond donors (Lipinski definition) is 0. The van der Waals surface area contributed by atoms with Crippen LogP contribution in [0.3, 0.4) is 0 Å². The quantitative estimate of drug-likeness (QED) is 0.798. The summed E-state index contributed by atoms with van der Waals surface area (Å²) in [6.45, 7) is 2.36. The van der Waals surface area contributed by atoms with Crippen LogP contribution in [0.2, 0.25) is 0 Å². The maximum Gasteiger partial charge on any atom is 0.240 e. The van der Waals surface area contributed by atoms with Gasteiger partial charge in [0.05, 0.1) is 5.41 Å². The molecule has 1 fully saturated rings. The second kappa shape index (κ2) is 6.32. The van der Waals surface area contributed by atoms with Crippen LogP contribution >= 0.6 is 0 Å². The number of hydrogen-bond acceptors (Lipinski definition) is 3. The van der Waals surface area contributed by atoms with Gasteiger partial charge in [-0.25, -0.2) is 0 Å². The minimum absolute atomic E-state index is 0.0767. The number of aromatic nitrogens is 1. The molecule has 0 bridgehead atoms. The van der Waals surface area contributed by atoms with Crippen molar-refractivity contribution in [3.05, 3.63) is 66.0 Å². The van der Waals surface area contributed by atoms with Gasteiger partial charge in [-0.1, -0.05) is 43.3 Å². The van der Waals surface area contributed by atoms with E-state index in [4.69, 9.17) is 0 Å². The molecule has 0 radical (unpaired) electrons. The van der Waals surface area contributed by atoms with Crippen LogP contribution in [0.15, 0.2) is 54.7 Å². The zero-order valence-electron chi connectivity index (χ0n) is 13.2. The smallest absolute Gasteiger partial charge is 0.240 e. The monoisotopic (exact) mass is 308 g/mol. The molecule has 1 aromatic carbocycles. The zero-order valence-corrected chi connectivity index (χ0v) is 13.2. The fourth-order valence-electron chi connectivity index (χ4n) is 3.26. The van der Waals surface area contributed by atoms with Gasteiger partial charge in [0.2, 0.25) is 11.8 Å². The molecule has 1 aliphatic rings. The van der Waals surface area contributed by atoms with Crippen molar-refractivity contribution >= 4 is 11.8 Å². The Morgan fingerprint density at radius 2 is 1.83 bits per heavy atom. The lowest BCUT2D eigenvalue weighted by atomic mass is 9.76. The number of rotatable bonds is 5. The minimum atomic E-state index is -0.706. The van der Waals surface area contributed by atoms with Crippen molar-refractivity contribution in [3.63, 3.8) is 0 Å². The fraction of sp³-hybridized carbons (Fsp3) is 0.316. The van der Waals surface area contributed by atoms with Crippen LogP contribution in [-0.2, 0) is 21.4 Å². The Bertz CT molecular complexity index is 700. The maximum atomic E-state index is 13.0. The SMILES string of the molecule is CC[C@@]1(c2ccccc2)CC(=O)N(CCc2ccccn2)C1=O. The van der Waals surface area contributed by atoms with Gasteiger partial charge in [0.15, 0.2) is 0 Å². The third-order valence-corrected chi connectivity index (χ3v) is 4.66. The molecule has 1 aliphatic heterocycles. The van der Waals surface area contributed by atoms with Crippen molar-refractivity contribution in [2.75, 3.05) is 6.54 Å². The van der Waals surface area contributed by atoms with E-state index in [1.54, 1.807) is 6.20 Å². The predicted molar refractivity (Wildman–Crippen MR) is 87.7 cm³/mol.